The third-order valence-corrected chi connectivity index (χ3v) is 12.1. The van der Waals surface area contributed by atoms with E-state index in [2.05, 4.69) is 221 Å². The summed E-state index contributed by atoms with van der Waals surface area (Å²) >= 11 is 0. The molecule has 0 N–H and O–H groups in total. The van der Waals surface area contributed by atoms with Gasteiger partial charge in [0, 0.05) is 46.8 Å². The second-order valence-electron chi connectivity index (χ2n) is 18.1. The first kappa shape index (κ1) is 37.3. The van der Waals surface area contributed by atoms with Crippen LogP contribution in [0.1, 0.15) is 63.8 Å². The standard InChI is InChI=1S/C53H53N5/c1-35-26-47-48(27-36(35)2)57(34-56(47)40-20-14-11-15-21-40)43-29-39(53(6,7)8)28-41(31-43)55(9)42-32-45(37-18-12-10-13-19-37)51-44-22-16-17-23-46(44)58(49(51)33-42)50-30-38(24-25-54-50)52(3,4)5/h10-33H,34H2,1-9H3. The maximum absolute atomic E-state index is 5.02. The fourth-order valence-corrected chi connectivity index (χ4v) is 8.46. The molecular weight excluding hydrogens is 707 g/mol. The van der Waals surface area contributed by atoms with Crippen LogP contribution < -0.4 is 14.7 Å². The summed E-state index contributed by atoms with van der Waals surface area (Å²) in [6.45, 7) is 18.9. The number of fused-ring (bicyclic) bond motifs is 4. The number of anilines is 6. The topological polar surface area (TPSA) is 27.5 Å². The van der Waals surface area contributed by atoms with Crippen molar-refractivity contribution >= 4 is 55.9 Å². The third-order valence-electron chi connectivity index (χ3n) is 12.1. The molecular formula is C53H53N5. The van der Waals surface area contributed by atoms with Crippen LogP contribution in [-0.2, 0) is 10.8 Å². The zero-order valence-corrected chi connectivity index (χ0v) is 35.3. The van der Waals surface area contributed by atoms with E-state index in [0.29, 0.717) is 0 Å². The van der Waals surface area contributed by atoms with Crippen LogP contribution in [0.25, 0.3) is 38.8 Å². The molecule has 0 unspecified atom stereocenters. The molecule has 0 saturated carbocycles. The van der Waals surface area contributed by atoms with E-state index in [1.807, 2.05) is 6.20 Å². The molecule has 5 nitrogen and oxygen atoms in total. The van der Waals surface area contributed by atoms with Crippen molar-refractivity contribution in [2.75, 3.05) is 28.4 Å². The second kappa shape index (κ2) is 13.9. The molecule has 0 fully saturated rings. The largest absolute Gasteiger partial charge is 0.344 e. The Morgan fingerprint density at radius 3 is 1.83 bits per heavy atom. The normalized spacial score (nSPS) is 13.1. The first-order valence-corrected chi connectivity index (χ1v) is 20.5. The van der Waals surface area contributed by atoms with Crippen molar-refractivity contribution in [3.63, 3.8) is 0 Å². The minimum atomic E-state index is -0.0776. The summed E-state index contributed by atoms with van der Waals surface area (Å²) in [7, 11) is 2.22. The zero-order chi connectivity index (χ0) is 40.5. The van der Waals surface area contributed by atoms with Gasteiger partial charge in [0.1, 0.15) is 12.5 Å². The van der Waals surface area contributed by atoms with Gasteiger partial charge in [-0.15, -0.1) is 0 Å². The van der Waals surface area contributed by atoms with E-state index in [9.17, 15) is 0 Å². The van der Waals surface area contributed by atoms with Crippen LogP contribution in [0, 0.1) is 13.8 Å². The molecule has 6 aromatic carbocycles. The van der Waals surface area contributed by atoms with Gasteiger partial charge in [-0.2, -0.15) is 0 Å². The smallest absolute Gasteiger partial charge is 0.137 e. The van der Waals surface area contributed by atoms with Gasteiger partial charge < -0.3 is 14.7 Å². The Morgan fingerprint density at radius 1 is 0.552 bits per heavy atom. The van der Waals surface area contributed by atoms with E-state index in [0.717, 1.165) is 34.9 Å². The number of hydrogen-bond acceptors (Lipinski definition) is 4. The van der Waals surface area contributed by atoms with Crippen molar-refractivity contribution in [1.82, 2.24) is 9.55 Å². The molecule has 0 amide bonds. The molecule has 0 atom stereocenters. The van der Waals surface area contributed by atoms with Gasteiger partial charge in [-0.3, -0.25) is 4.57 Å². The van der Waals surface area contributed by atoms with Crippen molar-refractivity contribution in [1.29, 1.82) is 0 Å². The summed E-state index contributed by atoms with van der Waals surface area (Å²) in [6, 6.07) is 51.4. The van der Waals surface area contributed by atoms with Gasteiger partial charge >= 0.3 is 0 Å². The Labute approximate surface area is 343 Å². The molecule has 0 bridgehead atoms. The van der Waals surface area contributed by atoms with Crippen LogP contribution in [0.3, 0.4) is 0 Å². The highest BCUT2D eigenvalue weighted by Gasteiger charge is 2.31. The van der Waals surface area contributed by atoms with Crippen molar-refractivity contribution in [2.24, 2.45) is 0 Å². The lowest BCUT2D eigenvalue weighted by Crippen LogP contribution is -2.25. The van der Waals surface area contributed by atoms with E-state index < -0.39 is 0 Å². The van der Waals surface area contributed by atoms with Crippen molar-refractivity contribution in [3.05, 3.63) is 168 Å². The number of para-hydroxylation sites is 2. The van der Waals surface area contributed by atoms with Gasteiger partial charge in [0.15, 0.2) is 0 Å². The molecule has 3 heterocycles. The van der Waals surface area contributed by atoms with Crippen molar-refractivity contribution in [3.8, 4) is 16.9 Å². The van der Waals surface area contributed by atoms with Crippen LogP contribution in [0.5, 0.6) is 0 Å². The lowest BCUT2D eigenvalue weighted by atomic mass is 9.86. The van der Waals surface area contributed by atoms with E-state index >= 15 is 0 Å². The van der Waals surface area contributed by atoms with Gasteiger partial charge in [0.25, 0.3) is 0 Å². The number of aryl methyl sites for hydroxylation is 2. The number of benzene rings is 6. The average molecular weight is 760 g/mol. The number of aromatic nitrogens is 2. The lowest BCUT2D eigenvalue weighted by molar-refractivity contribution is 0.588. The fourth-order valence-electron chi connectivity index (χ4n) is 8.46. The molecule has 2 aromatic heterocycles. The summed E-state index contributed by atoms with van der Waals surface area (Å²) < 4.78 is 2.37. The highest BCUT2D eigenvalue weighted by Crippen LogP contribution is 2.48. The summed E-state index contributed by atoms with van der Waals surface area (Å²) in [6.07, 6.45) is 1.96. The quantitative estimate of drug-likeness (QED) is 0.169. The Morgan fingerprint density at radius 2 is 1.16 bits per heavy atom. The van der Waals surface area contributed by atoms with Crippen LogP contribution >= 0.6 is 0 Å². The van der Waals surface area contributed by atoms with Crippen LogP contribution in [-0.4, -0.2) is 23.3 Å². The summed E-state index contributed by atoms with van der Waals surface area (Å²) in [4.78, 5) is 12.3. The molecule has 5 heteroatoms. The highest BCUT2D eigenvalue weighted by molar-refractivity contribution is 6.17. The lowest BCUT2D eigenvalue weighted by Gasteiger charge is -2.29. The minimum Gasteiger partial charge on any atom is -0.344 e. The van der Waals surface area contributed by atoms with E-state index in [4.69, 9.17) is 4.98 Å². The Bertz CT molecular complexity index is 2820. The van der Waals surface area contributed by atoms with Crippen LogP contribution in [0.15, 0.2) is 146 Å². The van der Waals surface area contributed by atoms with Crippen LogP contribution in [0.4, 0.5) is 34.1 Å². The predicted octanol–water partition coefficient (Wildman–Crippen LogP) is 14.1. The Kier molecular flexibility index (Phi) is 8.96. The molecule has 290 valence electrons. The minimum absolute atomic E-state index is 0.0156. The molecule has 9 rings (SSSR count). The zero-order valence-electron chi connectivity index (χ0n) is 35.3. The van der Waals surface area contributed by atoms with Crippen LogP contribution in [0.2, 0.25) is 0 Å². The number of rotatable bonds is 6. The molecule has 0 aliphatic carbocycles. The second-order valence-corrected chi connectivity index (χ2v) is 18.1. The number of hydrogen-bond donors (Lipinski definition) is 0. The first-order chi connectivity index (χ1) is 27.8. The van der Waals surface area contributed by atoms with Gasteiger partial charge in [0.2, 0.25) is 0 Å². The molecule has 1 aliphatic heterocycles. The van der Waals surface area contributed by atoms with E-state index in [1.165, 1.54) is 66.9 Å². The third kappa shape index (κ3) is 6.49. The van der Waals surface area contributed by atoms with Gasteiger partial charge in [0.05, 0.1) is 22.4 Å². The SMILES string of the molecule is Cc1cc2c(cc1C)N(c1cc(N(C)c3cc(-c4ccccc4)c4c5ccccc5n(-c5cc(C(C)(C)C)ccn5)c4c3)cc(C(C)(C)C)c1)CN2c1ccccc1. The Balaban J connectivity index is 1.26. The van der Waals surface area contributed by atoms with E-state index in [-0.39, 0.29) is 10.8 Å². The average Bonchev–Trinajstić information content (AvgIpc) is 3.76. The molecule has 0 spiro atoms. The monoisotopic (exact) mass is 759 g/mol. The number of nitrogens with zero attached hydrogens (tertiary/aromatic N) is 5. The highest BCUT2D eigenvalue weighted by atomic mass is 15.4. The fraction of sp³-hybridized carbons (Fsp3) is 0.226. The molecule has 0 saturated heterocycles. The molecule has 0 radical (unpaired) electrons. The summed E-state index contributed by atoms with van der Waals surface area (Å²) in [5.74, 6) is 0.927. The summed E-state index contributed by atoms with van der Waals surface area (Å²) in [5.41, 5.74) is 16.8. The van der Waals surface area contributed by atoms with Crippen molar-refractivity contribution < 1.29 is 0 Å². The molecule has 1 aliphatic rings. The summed E-state index contributed by atoms with van der Waals surface area (Å²) in [5, 5.41) is 2.44. The Hall–Kier alpha value is -6.33. The van der Waals surface area contributed by atoms with E-state index in [1.54, 1.807) is 0 Å². The molecule has 58 heavy (non-hydrogen) atoms. The van der Waals surface area contributed by atoms with Crippen molar-refractivity contribution in [2.45, 2.75) is 66.2 Å². The van der Waals surface area contributed by atoms with Gasteiger partial charge in [-0.05, 0) is 131 Å². The van der Waals surface area contributed by atoms with Gasteiger partial charge in [-0.1, -0.05) is 108 Å². The maximum Gasteiger partial charge on any atom is 0.137 e. The first-order valence-electron chi connectivity index (χ1n) is 20.5. The van der Waals surface area contributed by atoms with Gasteiger partial charge in [-0.25, -0.2) is 4.98 Å². The molecule has 8 aromatic rings. The predicted molar refractivity (Wildman–Crippen MR) is 247 cm³/mol. The maximum atomic E-state index is 5.02. The number of pyridine rings is 1.